The highest BCUT2D eigenvalue weighted by atomic mass is 32.2. The van der Waals surface area contributed by atoms with Gasteiger partial charge in [-0.05, 0) is 24.7 Å². The first-order valence-electron chi connectivity index (χ1n) is 3.57. The molecule has 10 heavy (non-hydrogen) atoms. The largest absolute Gasteiger partial charge is 0.229 e. The van der Waals surface area contributed by atoms with E-state index >= 15 is 0 Å². The van der Waals surface area contributed by atoms with Gasteiger partial charge in [0.2, 0.25) is 0 Å². The summed E-state index contributed by atoms with van der Waals surface area (Å²) in [5.74, 6) is 0. The van der Waals surface area contributed by atoms with Crippen molar-refractivity contribution in [3.05, 3.63) is 0 Å². The van der Waals surface area contributed by atoms with Gasteiger partial charge in [0.25, 0.3) is 0 Å². The molecule has 3 saturated carbocycles. The summed E-state index contributed by atoms with van der Waals surface area (Å²) in [5, 5.41) is 0. The van der Waals surface area contributed by atoms with Gasteiger partial charge in [-0.25, -0.2) is 8.42 Å². The first kappa shape index (κ1) is 6.65. The van der Waals surface area contributed by atoms with Crippen LogP contribution in [0.25, 0.3) is 0 Å². The van der Waals surface area contributed by atoms with E-state index in [0.717, 1.165) is 19.3 Å². The van der Waals surface area contributed by atoms with Crippen molar-refractivity contribution in [2.75, 3.05) is 6.26 Å². The van der Waals surface area contributed by atoms with Crippen molar-refractivity contribution in [1.29, 1.82) is 0 Å². The highest BCUT2D eigenvalue weighted by Gasteiger charge is 2.70. The van der Waals surface area contributed by atoms with E-state index in [1.807, 2.05) is 0 Å². The van der Waals surface area contributed by atoms with Crippen molar-refractivity contribution < 1.29 is 8.42 Å². The van der Waals surface area contributed by atoms with Gasteiger partial charge in [-0.1, -0.05) is 6.92 Å². The molecule has 2 bridgehead atoms. The fraction of sp³-hybridized carbons (Fsp3) is 1.00. The summed E-state index contributed by atoms with van der Waals surface area (Å²) in [5.41, 5.74) is 0.406. The van der Waals surface area contributed by atoms with Crippen LogP contribution in [0.1, 0.15) is 26.2 Å². The van der Waals surface area contributed by atoms with Crippen LogP contribution in [0.4, 0.5) is 0 Å². The molecule has 0 aromatic carbocycles. The molecule has 0 N–H and O–H groups in total. The van der Waals surface area contributed by atoms with E-state index in [0.29, 0.717) is 5.41 Å². The van der Waals surface area contributed by atoms with Gasteiger partial charge in [0.1, 0.15) is 0 Å². The van der Waals surface area contributed by atoms with Crippen LogP contribution in [0.15, 0.2) is 0 Å². The number of hydrogen-bond donors (Lipinski definition) is 0. The molecule has 3 fully saturated rings. The van der Waals surface area contributed by atoms with Gasteiger partial charge in [0.05, 0.1) is 4.75 Å². The minimum absolute atomic E-state index is 0.262. The van der Waals surface area contributed by atoms with Gasteiger partial charge >= 0.3 is 0 Å². The molecule has 0 saturated heterocycles. The maximum atomic E-state index is 11.1. The Morgan fingerprint density at radius 3 is 1.70 bits per heavy atom. The third kappa shape index (κ3) is 0.529. The van der Waals surface area contributed by atoms with Crippen LogP contribution in [-0.4, -0.2) is 19.4 Å². The lowest BCUT2D eigenvalue weighted by Crippen LogP contribution is -2.68. The average Bonchev–Trinajstić information content (AvgIpc) is 1.51. The molecule has 0 aromatic rings. The second-order valence-corrected chi connectivity index (χ2v) is 6.71. The van der Waals surface area contributed by atoms with Gasteiger partial charge in [-0.3, -0.25) is 0 Å². The monoisotopic (exact) mass is 160 g/mol. The second kappa shape index (κ2) is 1.29. The SMILES string of the molecule is CC12CC(S(C)(=O)=O)(C1)C2. The van der Waals surface area contributed by atoms with Crippen LogP contribution in [0.3, 0.4) is 0 Å². The molecule has 0 unspecified atom stereocenters. The van der Waals surface area contributed by atoms with Gasteiger partial charge in [-0.15, -0.1) is 0 Å². The fourth-order valence-corrected chi connectivity index (χ4v) is 4.40. The Hall–Kier alpha value is -0.0500. The van der Waals surface area contributed by atoms with E-state index in [9.17, 15) is 8.42 Å². The zero-order valence-electron chi connectivity index (χ0n) is 6.35. The smallest absolute Gasteiger partial charge is 0.153 e. The second-order valence-electron chi connectivity index (χ2n) is 4.30. The van der Waals surface area contributed by atoms with E-state index in [4.69, 9.17) is 0 Å². The summed E-state index contributed by atoms with van der Waals surface area (Å²) in [6, 6.07) is 0. The molecular weight excluding hydrogens is 148 g/mol. The third-order valence-corrected chi connectivity index (χ3v) is 5.04. The van der Waals surface area contributed by atoms with E-state index in [2.05, 4.69) is 6.92 Å². The molecule has 3 aliphatic rings. The Balaban J connectivity index is 2.27. The summed E-state index contributed by atoms with van der Waals surface area (Å²) in [7, 11) is -2.74. The van der Waals surface area contributed by atoms with Crippen molar-refractivity contribution in [1.82, 2.24) is 0 Å². The first-order valence-corrected chi connectivity index (χ1v) is 5.46. The summed E-state index contributed by atoms with van der Waals surface area (Å²) < 4.78 is 22.0. The molecule has 0 atom stereocenters. The maximum absolute atomic E-state index is 11.1. The van der Waals surface area contributed by atoms with Crippen LogP contribution in [-0.2, 0) is 9.84 Å². The van der Waals surface area contributed by atoms with Crippen LogP contribution in [0.5, 0.6) is 0 Å². The summed E-state index contributed by atoms with van der Waals surface area (Å²) >= 11 is 0. The molecule has 3 heteroatoms. The molecular formula is C7H12O2S. The van der Waals surface area contributed by atoms with E-state index < -0.39 is 9.84 Å². The summed E-state index contributed by atoms with van der Waals surface area (Å²) in [6.45, 7) is 2.17. The zero-order valence-corrected chi connectivity index (χ0v) is 7.16. The molecule has 0 amide bonds. The van der Waals surface area contributed by atoms with Crippen molar-refractivity contribution in [3.63, 3.8) is 0 Å². The fourth-order valence-electron chi connectivity index (χ4n) is 2.57. The standard InChI is InChI=1S/C7H12O2S/c1-6-3-7(4-6,5-6)10(2,8)9/h3-5H2,1-2H3. The Morgan fingerprint density at radius 2 is 1.60 bits per heavy atom. The lowest BCUT2D eigenvalue weighted by atomic mass is 9.45. The third-order valence-electron chi connectivity index (χ3n) is 3.03. The number of sulfone groups is 1. The molecule has 3 aliphatic carbocycles. The highest BCUT2D eigenvalue weighted by molar-refractivity contribution is 7.92. The maximum Gasteiger partial charge on any atom is 0.153 e. The number of rotatable bonds is 1. The Morgan fingerprint density at radius 1 is 1.20 bits per heavy atom. The average molecular weight is 160 g/mol. The van der Waals surface area contributed by atoms with Crippen LogP contribution in [0, 0.1) is 5.41 Å². The highest BCUT2D eigenvalue weighted by Crippen LogP contribution is 2.70. The molecule has 2 nitrogen and oxygen atoms in total. The first-order chi connectivity index (χ1) is 4.37. The molecule has 58 valence electrons. The normalized spacial score (nSPS) is 51.4. The van der Waals surface area contributed by atoms with Gasteiger partial charge < -0.3 is 0 Å². The Bertz CT molecular complexity index is 256. The molecule has 0 aromatic heterocycles. The Labute approximate surface area is 61.5 Å². The van der Waals surface area contributed by atoms with Crippen LogP contribution >= 0.6 is 0 Å². The van der Waals surface area contributed by atoms with Gasteiger partial charge in [0, 0.05) is 6.26 Å². The predicted molar refractivity (Wildman–Crippen MR) is 39.5 cm³/mol. The van der Waals surface area contributed by atoms with E-state index in [1.165, 1.54) is 6.26 Å². The lowest BCUT2D eigenvalue weighted by molar-refractivity contribution is -0.0620. The van der Waals surface area contributed by atoms with Gasteiger partial charge in [-0.2, -0.15) is 0 Å². The van der Waals surface area contributed by atoms with Gasteiger partial charge in [0.15, 0.2) is 9.84 Å². The van der Waals surface area contributed by atoms with E-state index in [1.54, 1.807) is 0 Å². The molecule has 0 aliphatic heterocycles. The molecule has 0 radical (unpaired) electrons. The van der Waals surface area contributed by atoms with Crippen molar-refractivity contribution in [3.8, 4) is 0 Å². The Kier molecular flexibility index (Phi) is 0.857. The minimum atomic E-state index is -2.74. The van der Waals surface area contributed by atoms with Crippen LogP contribution < -0.4 is 0 Å². The summed E-state index contributed by atoms with van der Waals surface area (Å²) in [6.07, 6.45) is 4.11. The van der Waals surface area contributed by atoms with Crippen molar-refractivity contribution in [2.45, 2.75) is 30.9 Å². The molecule has 0 spiro atoms. The number of hydrogen-bond acceptors (Lipinski definition) is 2. The zero-order chi connectivity index (χ0) is 7.62. The van der Waals surface area contributed by atoms with E-state index in [-0.39, 0.29) is 4.75 Å². The minimum Gasteiger partial charge on any atom is -0.229 e. The van der Waals surface area contributed by atoms with Crippen molar-refractivity contribution in [2.24, 2.45) is 5.41 Å². The predicted octanol–water partition coefficient (Wildman–Crippen LogP) is 0.974. The topological polar surface area (TPSA) is 34.1 Å². The quantitative estimate of drug-likeness (QED) is 0.573. The van der Waals surface area contributed by atoms with Crippen molar-refractivity contribution >= 4 is 9.84 Å². The molecule has 3 rings (SSSR count). The summed E-state index contributed by atoms with van der Waals surface area (Å²) in [4.78, 5) is 0. The lowest BCUT2D eigenvalue weighted by Gasteiger charge is -2.68. The van der Waals surface area contributed by atoms with Crippen LogP contribution in [0.2, 0.25) is 0 Å². The molecule has 0 heterocycles.